The van der Waals surface area contributed by atoms with Crippen molar-refractivity contribution in [3.8, 4) is 0 Å². The van der Waals surface area contributed by atoms with Gasteiger partial charge in [0.05, 0.1) is 23.5 Å². The fourth-order valence-corrected chi connectivity index (χ4v) is 4.81. The van der Waals surface area contributed by atoms with Gasteiger partial charge in [0.15, 0.2) is 5.13 Å². The van der Waals surface area contributed by atoms with E-state index in [1.165, 1.54) is 11.3 Å². The van der Waals surface area contributed by atoms with Crippen molar-refractivity contribution >= 4 is 40.0 Å². The summed E-state index contributed by atoms with van der Waals surface area (Å²) in [5.41, 5.74) is 3.34. The maximum atomic E-state index is 13.0. The standard InChI is InChI=1S/C25H27N5O3S/c1-15(2)26-22(31)18-10-6-7-11-19(18)27-24(33)29-25-28-20-12-13-30(14-21(20)34-25)23(32)17-9-5-4-8-16(17)3/h4-11,15H,12-14H2,1-3H3,(H,26,31)(H2,27,28,29,33). The van der Waals surface area contributed by atoms with Gasteiger partial charge in [-0.25, -0.2) is 9.78 Å². The minimum atomic E-state index is -0.483. The normalized spacial score (nSPS) is 12.8. The number of aryl methyl sites for hydroxylation is 1. The molecule has 0 saturated carbocycles. The molecule has 2 aromatic carbocycles. The second kappa shape index (κ2) is 10.0. The number of amides is 4. The van der Waals surface area contributed by atoms with E-state index in [-0.39, 0.29) is 17.9 Å². The van der Waals surface area contributed by atoms with Crippen molar-refractivity contribution in [1.29, 1.82) is 0 Å². The Morgan fingerprint density at radius 2 is 1.71 bits per heavy atom. The fraction of sp³-hybridized carbons (Fsp3) is 0.280. The molecule has 0 fully saturated rings. The molecule has 4 rings (SSSR count). The number of fused-ring (bicyclic) bond motifs is 1. The van der Waals surface area contributed by atoms with E-state index in [1.807, 2.05) is 49.9 Å². The summed E-state index contributed by atoms with van der Waals surface area (Å²) in [5.74, 6) is -0.255. The van der Waals surface area contributed by atoms with Crippen molar-refractivity contribution in [3.63, 3.8) is 0 Å². The topological polar surface area (TPSA) is 103 Å². The summed E-state index contributed by atoms with van der Waals surface area (Å²) < 4.78 is 0. The van der Waals surface area contributed by atoms with Crippen molar-refractivity contribution < 1.29 is 14.4 Å². The van der Waals surface area contributed by atoms with Crippen LogP contribution in [0.1, 0.15) is 50.7 Å². The number of carbonyl (C=O) groups excluding carboxylic acids is 3. The molecule has 34 heavy (non-hydrogen) atoms. The van der Waals surface area contributed by atoms with Gasteiger partial charge in [-0.1, -0.05) is 41.7 Å². The Kier molecular flexibility index (Phi) is 6.93. The first-order valence-electron chi connectivity index (χ1n) is 11.1. The average Bonchev–Trinajstić information content (AvgIpc) is 3.20. The largest absolute Gasteiger partial charge is 0.350 e. The molecular formula is C25H27N5O3S. The van der Waals surface area contributed by atoms with Gasteiger partial charge in [0, 0.05) is 29.4 Å². The number of benzene rings is 2. The van der Waals surface area contributed by atoms with Gasteiger partial charge in [0.25, 0.3) is 11.8 Å². The zero-order valence-corrected chi connectivity index (χ0v) is 20.2. The molecule has 9 heteroatoms. The molecule has 4 amide bonds. The van der Waals surface area contributed by atoms with Crippen LogP contribution in [0.25, 0.3) is 0 Å². The van der Waals surface area contributed by atoms with Gasteiger partial charge in [-0.3, -0.25) is 14.9 Å². The molecule has 1 aliphatic rings. The van der Waals surface area contributed by atoms with E-state index in [0.29, 0.717) is 41.5 Å². The van der Waals surface area contributed by atoms with Gasteiger partial charge in [-0.05, 0) is 44.5 Å². The number of aromatic nitrogens is 1. The highest BCUT2D eigenvalue weighted by molar-refractivity contribution is 7.15. The number of hydrogen-bond donors (Lipinski definition) is 3. The molecule has 0 saturated heterocycles. The first kappa shape index (κ1) is 23.4. The second-order valence-corrected chi connectivity index (χ2v) is 9.52. The van der Waals surface area contributed by atoms with E-state index < -0.39 is 6.03 Å². The zero-order chi connectivity index (χ0) is 24.2. The predicted octanol–water partition coefficient (Wildman–Crippen LogP) is 4.43. The van der Waals surface area contributed by atoms with Gasteiger partial charge < -0.3 is 15.5 Å². The first-order chi connectivity index (χ1) is 16.3. The summed E-state index contributed by atoms with van der Waals surface area (Å²) >= 11 is 1.36. The van der Waals surface area contributed by atoms with Crippen LogP contribution in [0, 0.1) is 6.92 Å². The van der Waals surface area contributed by atoms with E-state index >= 15 is 0 Å². The van der Waals surface area contributed by atoms with Gasteiger partial charge in [0.2, 0.25) is 0 Å². The second-order valence-electron chi connectivity index (χ2n) is 8.43. The Morgan fingerprint density at radius 1 is 1.00 bits per heavy atom. The number of rotatable bonds is 5. The highest BCUT2D eigenvalue weighted by atomic mass is 32.1. The van der Waals surface area contributed by atoms with Crippen molar-refractivity contribution in [3.05, 3.63) is 75.8 Å². The summed E-state index contributed by atoms with van der Waals surface area (Å²) in [5, 5.41) is 8.79. The number of carbonyl (C=O) groups is 3. The van der Waals surface area contributed by atoms with Gasteiger partial charge in [-0.2, -0.15) is 0 Å². The van der Waals surface area contributed by atoms with E-state index in [1.54, 1.807) is 24.3 Å². The molecule has 0 atom stereocenters. The third kappa shape index (κ3) is 5.26. The minimum absolute atomic E-state index is 0.000633. The molecule has 0 bridgehead atoms. The third-order valence-electron chi connectivity index (χ3n) is 5.45. The lowest BCUT2D eigenvalue weighted by Crippen LogP contribution is -2.35. The highest BCUT2D eigenvalue weighted by Crippen LogP contribution is 2.29. The van der Waals surface area contributed by atoms with Gasteiger partial charge >= 0.3 is 6.03 Å². The van der Waals surface area contributed by atoms with Crippen LogP contribution in [0.3, 0.4) is 0 Å². The lowest BCUT2D eigenvalue weighted by atomic mass is 10.1. The van der Waals surface area contributed by atoms with E-state index in [9.17, 15) is 14.4 Å². The molecule has 2 heterocycles. The van der Waals surface area contributed by atoms with Crippen LogP contribution in [-0.2, 0) is 13.0 Å². The SMILES string of the molecule is Cc1ccccc1C(=O)N1CCc2nc(NC(=O)Nc3ccccc3C(=O)NC(C)C)sc2C1. The van der Waals surface area contributed by atoms with Gasteiger partial charge in [0.1, 0.15) is 0 Å². The molecule has 0 spiro atoms. The van der Waals surface area contributed by atoms with E-state index in [4.69, 9.17) is 0 Å². The van der Waals surface area contributed by atoms with Crippen LogP contribution in [0.2, 0.25) is 0 Å². The quantitative estimate of drug-likeness (QED) is 0.506. The number of anilines is 2. The van der Waals surface area contributed by atoms with Crippen molar-refractivity contribution in [2.75, 3.05) is 17.2 Å². The zero-order valence-electron chi connectivity index (χ0n) is 19.3. The number of nitrogens with one attached hydrogen (secondary N) is 3. The summed E-state index contributed by atoms with van der Waals surface area (Å²) in [7, 11) is 0. The van der Waals surface area contributed by atoms with Crippen LogP contribution >= 0.6 is 11.3 Å². The van der Waals surface area contributed by atoms with Crippen LogP contribution in [-0.4, -0.2) is 40.3 Å². The molecule has 8 nitrogen and oxygen atoms in total. The minimum Gasteiger partial charge on any atom is -0.350 e. The molecule has 3 N–H and O–H groups in total. The number of urea groups is 1. The Balaban J connectivity index is 1.42. The lowest BCUT2D eigenvalue weighted by molar-refractivity contribution is 0.0735. The maximum absolute atomic E-state index is 13.0. The molecule has 176 valence electrons. The monoisotopic (exact) mass is 477 g/mol. The van der Waals surface area contributed by atoms with Crippen LogP contribution in [0.15, 0.2) is 48.5 Å². The number of para-hydroxylation sites is 1. The fourth-order valence-electron chi connectivity index (χ4n) is 3.79. The van der Waals surface area contributed by atoms with Crippen LogP contribution < -0.4 is 16.0 Å². The van der Waals surface area contributed by atoms with Crippen LogP contribution in [0.5, 0.6) is 0 Å². The average molecular weight is 478 g/mol. The van der Waals surface area contributed by atoms with E-state index in [0.717, 1.165) is 16.1 Å². The number of thiazole rings is 1. The van der Waals surface area contributed by atoms with Crippen molar-refractivity contribution in [2.45, 2.75) is 39.8 Å². The highest BCUT2D eigenvalue weighted by Gasteiger charge is 2.26. The number of hydrogen-bond acceptors (Lipinski definition) is 5. The van der Waals surface area contributed by atoms with Crippen molar-refractivity contribution in [2.24, 2.45) is 0 Å². The molecule has 3 aromatic rings. The lowest BCUT2D eigenvalue weighted by Gasteiger charge is -2.26. The molecular weight excluding hydrogens is 450 g/mol. The van der Waals surface area contributed by atoms with Crippen LogP contribution in [0.4, 0.5) is 15.6 Å². The Morgan fingerprint density at radius 3 is 2.44 bits per heavy atom. The first-order valence-corrected chi connectivity index (χ1v) is 11.9. The predicted molar refractivity (Wildman–Crippen MR) is 133 cm³/mol. The molecule has 0 radical (unpaired) electrons. The third-order valence-corrected chi connectivity index (χ3v) is 6.45. The Hall–Kier alpha value is -3.72. The molecule has 1 aliphatic heterocycles. The maximum Gasteiger partial charge on any atom is 0.325 e. The van der Waals surface area contributed by atoms with Crippen molar-refractivity contribution in [1.82, 2.24) is 15.2 Å². The molecule has 0 unspecified atom stereocenters. The summed E-state index contributed by atoms with van der Waals surface area (Å²) in [6.07, 6.45) is 0.630. The summed E-state index contributed by atoms with van der Waals surface area (Å²) in [4.78, 5) is 45.4. The summed E-state index contributed by atoms with van der Waals surface area (Å²) in [6, 6.07) is 13.9. The smallest absolute Gasteiger partial charge is 0.325 e. The Bertz CT molecular complexity index is 1240. The Labute approximate surface area is 202 Å². The molecule has 1 aromatic heterocycles. The van der Waals surface area contributed by atoms with E-state index in [2.05, 4.69) is 20.9 Å². The number of nitrogens with zero attached hydrogens (tertiary/aromatic N) is 2. The molecule has 0 aliphatic carbocycles. The summed E-state index contributed by atoms with van der Waals surface area (Å²) in [6.45, 7) is 6.72. The van der Waals surface area contributed by atoms with Gasteiger partial charge in [-0.15, -0.1) is 0 Å².